The molecule has 0 bridgehead atoms. The Morgan fingerprint density at radius 2 is 1.95 bits per heavy atom. The van der Waals surface area contributed by atoms with Gasteiger partial charge in [0.05, 0.1) is 22.7 Å². The number of aromatic nitrogens is 2. The Morgan fingerprint density at radius 3 is 2.60 bits per heavy atom. The van der Waals surface area contributed by atoms with Gasteiger partial charge in [0.25, 0.3) is 5.69 Å². The maximum absolute atomic E-state index is 11.2. The summed E-state index contributed by atoms with van der Waals surface area (Å²) in [7, 11) is 0. The smallest absolute Gasteiger partial charge is 0.262 e. The SMILES string of the molecule is O=[N+]([O-])c1cc2cnn(C3CCCC3)c2cc1C1CC1. The van der Waals surface area contributed by atoms with Crippen LogP contribution in [0.3, 0.4) is 0 Å². The van der Waals surface area contributed by atoms with E-state index in [1.54, 1.807) is 12.3 Å². The van der Waals surface area contributed by atoms with Crippen molar-refractivity contribution in [3.8, 4) is 0 Å². The third-order valence-electron chi connectivity index (χ3n) is 4.63. The molecule has 2 aliphatic carbocycles. The number of hydrogen-bond acceptors (Lipinski definition) is 3. The second-order valence-corrected chi connectivity index (χ2v) is 6.03. The minimum atomic E-state index is -0.250. The van der Waals surface area contributed by atoms with Crippen LogP contribution in [0.1, 0.15) is 56.0 Å². The number of nitro benzene ring substituents is 1. The molecule has 20 heavy (non-hydrogen) atoms. The summed E-state index contributed by atoms with van der Waals surface area (Å²) in [5, 5.41) is 16.6. The zero-order chi connectivity index (χ0) is 13.7. The number of nitrogens with zero attached hydrogens (tertiary/aromatic N) is 3. The van der Waals surface area contributed by atoms with E-state index in [2.05, 4.69) is 9.78 Å². The molecule has 1 aromatic carbocycles. The fourth-order valence-corrected chi connectivity index (χ4v) is 3.42. The summed E-state index contributed by atoms with van der Waals surface area (Å²) in [6.07, 6.45) is 8.78. The van der Waals surface area contributed by atoms with Gasteiger partial charge in [-0.1, -0.05) is 12.8 Å². The second-order valence-electron chi connectivity index (χ2n) is 6.03. The molecule has 0 aliphatic heterocycles. The van der Waals surface area contributed by atoms with Gasteiger partial charge in [0.1, 0.15) is 0 Å². The highest BCUT2D eigenvalue weighted by Crippen LogP contribution is 2.45. The normalized spacial score (nSPS) is 19.8. The summed E-state index contributed by atoms with van der Waals surface area (Å²) in [6, 6.07) is 4.21. The highest BCUT2D eigenvalue weighted by atomic mass is 16.6. The van der Waals surface area contributed by atoms with E-state index in [1.165, 1.54) is 25.7 Å². The van der Waals surface area contributed by atoms with Gasteiger partial charge in [0, 0.05) is 17.0 Å². The summed E-state index contributed by atoms with van der Waals surface area (Å²) >= 11 is 0. The largest absolute Gasteiger partial charge is 0.273 e. The number of benzene rings is 1. The van der Waals surface area contributed by atoms with Crippen LogP contribution < -0.4 is 0 Å². The van der Waals surface area contributed by atoms with E-state index in [-0.39, 0.29) is 10.6 Å². The van der Waals surface area contributed by atoms with Crippen LogP contribution in [0.2, 0.25) is 0 Å². The van der Waals surface area contributed by atoms with Gasteiger partial charge in [0.15, 0.2) is 0 Å². The summed E-state index contributed by atoms with van der Waals surface area (Å²) < 4.78 is 2.10. The molecular weight excluding hydrogens is 254 g/mol. The van der Waals surface area contributed by atoms with E-state index < -0.39 is 0 Å². The molecule has 2 fully saturated rings. The number of fused-ring (bicyclic) bond motifs is 1. The minimum Gasteiger partial charge on any atom is -0.262 e. The standard InChI is InChI=1S/C15H17N3O2/c19-18(20)15-7-11-9-16-17(12-3-1-2-4-12)14(11)8-13(15)10-5-6-10/h7-10,12H,1-6H2. The van der Waals surface area contributed by atoms with Crippen molar-refractivity contribution in [3.05, 3.63) is 34.0 Å². The summed E-state index contributed by atoms with van der Waals surface area (Å²) in [5.41, 5.74) is 2.25. The van der Waals surface area contributed by atoms with Crippen LogP contribution in [0.15, 0.2) is 18.3 Å². The summed E-state index contributed by atoms with van der Waals surface area (Å²) in [5.74, 6) is 0.381. The molecule has 0 amide bonds. The second kappa shape index (κ2) is 4.30. The molecule has 0 spiro atoms. The van der Waals surface area contributed by atoms with E-state index in [1.807, 2.05) is 6.07 Å². The van der Waals surface area contributed by atoms with Crippen LogP contribution in [0.5, 0.6) is 0 Å². The molecular formula is C15H17N3O2. The number of rotatable bonds is 3. The van der Waals surface area contributed by atoms with E-state index >= 15 is 0 Å². The molecule has 0 saturated heterocycles. The Morgan fingerprint density at radius 1 is 1.20 bits per heavy atom. The van der Waals surface area contributed by atoms with Gasteiger partial charge in [-0.2, -0.15) is 5.10 Å². The molecule has 5 nitrogen and oxygen atoms in total. The quantitative estimate of drug-likeness (QED) is 0.627. The molecule has 0 radical (unpaired) electrons. The molecule has 0 atom stereocenters. The number of hydrogen-bond donors (Lipinski definition) is 0. The van der Waals surface area contributed by atoms with Gasteiger partial charge in [-0.05, 0) is 37.7 Å². The van der Waals surface area contributed by atoms with Gasteiger partial charge in [-0.3, -0.25) is 14.8 Å². The molecule has 2 saturated carbocycles. The van der Waals surface area contributed by atoms with Gasteiger partial charge >= 0.3 is 0 Å². The van der Waals surface area contributed by atoms with Crippen LogP contribution >= 0.6 is 0 Å². The Balaban J connectivity index is 1.88. The lowest BCUT2D eigenvalue weighted by molar-refractivity contribution is -0.385. The molecule has 1 heterocycles. The van der Waals surface area contributed by atoms with Crippen LogP contribution in [0.25, 0.3) is 10.9 Å². The first-order valence-electron chi connectivity index (χ1n) is 7.39. The Labute approximate surface area is 116 Å². The summed E-state index contributed by atoms with van der Waals surface area (Å²) in [4.78, 5) is 11.0. The summed E-state index contributed by atoms with van der Waals surface area (Å²) in [6.45, 7) is 0. The lowest BCUT2D eigenvalue weighted by Gasteiger charge is -2.12. The van der Waals surface area contributed by atoms with Crippen molar-refractivity contribution in [2.45, 2.75) is 50.5 Å². The van der Waals surface area contributed by atoms with Crippen molar-refractivity contribution in [2.75, 3.05) is 0 Å². The van der Waals surface area contributed by atoms with E-state index in [4.69, 9.17) is 0 Å². The molecule has 0 unspecified atom stereocenters. The fourth-order valence-electron chi connectivity index (χ4n) is 3.42. The topological polar surface area (TPSA) is 61.0 Å². The van der Waals surface area contributed by atoms with Gasteiger partial charge in [0.2, 0.25) is 0 Å². The Hall–Kier alpha value is -1.91. The van der Waals surface area contributed by atoms with E-state index in [9.17, 15) is 10.1 Å². The molecule has 1 aromatic heterocycles. The van der Waals surface area contributed by atoms with Crippen molar-refractivity contribution in [1.82, 2.24) is 9.78 Å². The Bertz CT molecular complexity index is 682. The highest BCUT2D eigenvalue weighted by Gasteiger charge is 2.32. The molecule has 2 aliphatic rings. The van der Waals surface area contributed by atoms with Crippen LogP contribution in [-0.2, 0) is 0 Å². The maximum Gasteiger partial charge on any atom is 0.273 e. The lowest BCUT2D eigenvalue weighted by atomic mass is 10.1. The van der Waals surface area contributed by atoms with Crippen molar-refractivity contribution in [1.29, 1.82) is 0 Å². The number of nitro groups is 1. The predicted molar refractivity (Wildman–Crippen MR) is 75.9 cm³/mol. The molecule has 5 heteroatoms. The first kappa shape index (κ1) is 11.9. The van der Waals surface area contributed by atoms with E-state index in [0.29, 0.717) is 12.0 Å². The molecule has 4 rings (SSSR count). The van der Waals surface area contributed by atoms with Gasteiger partial charge in [-0.25, -0.2) is 0 Å². The third kappa shape index (κ3) is 1.80. The molecule has 0 N–H and O–H groups in total. The average Bonchev–Trinajstić information content (AvgIpc) is 2.99. The zero-order valence-electron chi connectivity index (χ0n) is 11.3. The Kier molecular flexibility index (Phi) is 2.55. The first-order valence-corrected chi connectivity index (χ1v) is 7.39. The average molecular weight is 271 g/mol. The van der Waals surface area contributed by atoms with Gasteiger partial charge < -0.3 is 0 Å². The zero-order valence-corrected chi connectivity index (χ0v) is 11.3. The minimum absolute atomic E-state index is 0.250. The van der Waals surface area contributed by atoms with Crippen molar-refractivity contribution >= 4 is 16.6 Å². The van der Waals surface area contributed by atoms with Crippen LogP contribution in [0.4, 0.5) is 5.69 Å². The monoisotopic (exact) mass is 271 g/mol. The third-order valence-corrected chi connectivity index (χ3v) is 4.63. The van der Waals surface area contributed by atoms with Crippen molar-refractivity contribution in [2.24, 2.45) is 0 Å². The first-order chi connectivity index (χ1) is 9.74. The van der Waals surface area contributed by atoms with Crippen LogP contribution in [-0.4, -0.2) is 14.7 Å². The lowest BCUT2D eigenvalue weighted by Crippen LogP contribution is -2.06. The fraction of sp³-hybridized carbons (Fsp3) is 0.533. The van der Waals surface area contributed by atoms with E-state index in [0.717, 1.165) is 29.3 Å². The molecule has 104 valence electrons. The van der Waals surface area contributed by atoms with Crippen molar-refractivity contribution < 1.29 is 4.92 Å². The maximum atomic E-state index is 11.2. The van der Waals surface area contributed by atoms with Crippen LogP contribution in [0, 0.1) is 10.1 Å². The molecule has 2 aromatic rings. The highest BCUT2D eigenvalue weighted by molar-refractivity contribution is 5.83. The van der Waals surface area contributed by atoms with Gasteiger partial charge in [-0.15, -0.1) is 0 Å². The van der Waals surface area contributed by atoms with Crippen molar-refractivity contribution in [3.63, 3.8) is 0 Å². The predicted octanol–water partition coefficient (Wildman–Crippen LogP) is 3.94.